The van der Waals surface area contributed by atoms with Crippen LogP contribution in [0.2, 0.25) is 0 Å². The van der Waals surface area contributed by atoms with Crippen molar-refractivity contribution in [2.75, 3.05) is 32.8 Å². The van der Waals surface area contributed by atoms with Crippen molar-refractivity contribution in [1.82, 2.24) is 10.6 Å². The van der Waals surface area contributed by atoms with E-state index in [1.54, 1.807) is 0 Å². The number of carbonyl (C=O) groups is 1. The molecular formula is C6H13N2O3. The molecule has 0 aromatic heterocycles. The average molecular weight is 161 g/mol. The summed E-state index contributed by atoms with van der Waals surface area (Å²) in [5, 5.41) is 23.4. The lowest BCUT2D eigenvalue weighted by Gasteiger charge is -2.02. The Balaban J connectivity index is 2.95. The summed E-state index contributed by atoms with van der Waals surface area (Å²) in [6, 6.07) is 0. The Morgan fingerprint density at radius 2 is 2.00 bits per heavy atom. The molecular weight excluding hydrogens is 148 g/mol. The molecule has 0 saturated carbocycles. The molecule has 0 bridgehead atoms. The number of aliphatic hydroxyl groups excluding tert-OH is 1. The number of hydrogen-bond donors (Lipinski definition) is 3. The zero-order chi connectivity index (χ0) is 8.53. The van der Waals surface area contributed by atoms with Gasteiger partial charge < -0.3 is 15.7 Å². The maximum Gasteiger partial charge on any atom is 0.249 e. The predicted molar refractivity (Wildman–Crippen MR) is 38.5 cm³/mol. The first kappa shape index (κ1) is 10.3. The van der Waals surface area contributed by atoms with Crippen LogP contribution in [0.4, 0.5) is 0 Å². The molecule has 0 unspecified atom stereocenters. The lowest BCUT2D eigenvalue weighted by atomic mass is 10.5. The third-order valence-electron chi connectivity index (χ3n) is 1.04. The van der Waals surface area contributed by atoms with E-state index in [9.17, 15) is 9.90 Å². The van der Waals surface area contributed by atoms with Gasteiger partial charge >= 0.3 is 0 Å². The lowest BCUT2D eigenvalue weighted by molar-refractivity contribution is -0.125. The van der Waals surface area contributed by atoms with Crippen molar-refractivity contribution in [2.24, 2.45) is 0 Å². The average Bonchev–Trinajstić information content (AvgIpc) is 2.04. The summed E-state index contributed by atoms with van der Waals surface area (Å²) in [6.45, 7) is 0.871. The van der Waals surface area contributed by atoms with Gasteiger partial charge in [0.15, 0.2) is 6.61 Å². The molecule has 3 N–H and O–H groups in total. The first-order valence-corrected chi connectivity index (χ1v) is 3.47. The molecule has 0 atom stereocenters. The van der Waals surface area contributed by atoms with E-state index in [4.69, 9.17) is 5.11 Å². The van der Waals surface area contributed by atoms with Gasteiger partial charge in [-0.3, -0.25) is 4.79 Å². The SMILES string of the molecule is [O]CC(=O)NCCNCCO. The summed E-state index contributed by atoms with van der Waals surface area (Å²) in [6.07, 6.45) is 0. The van der Waals surface area contributed by atoms with E-state index in [-0.39, 0.29) is 6.61 Å². The molecule has 0 aliphatic carbocycles. The van der Waals surface area contributed by atoms with E-state index in [0.29, 0.717) is 19.6 Å². The van der Waals surface area contributed by atoms with E-state index >= 15 is 0 Å². The molecule has 0 spiro atoms. The van der Waals surface area contributed by atoms with Crippen molar-refractivity contribution < 1.29 is 15.0 Å². The molecule has 0 saturated heterocycles. The van der Waals surface area contributed by atoms with Gasteiger partial charge in [-0.2, -0.15) is 0 Å². The standard InChI is InChI=1S/C6H13N2O3/c9-4-3-7-1-2-8-6(11)5-10/h7,9H,1-5H2,(H,8,11). The van der Waals surface area contributed by atoms with Crippen LogP contribution in [0.25, 0.3) is 0 Å². The fraction of sp³-hybridized carbons (Fsp3) is 0.833. The number of nitrogens with one attached hydrogen (secondary N) is 2. The van der Waals surface area contributed by atoms with Gasteiger partial charge in [-0.15, -0.1) is 0 Å². The van der Waals surface area contributed by atoms with Crippen molar-refractivity contribution in [3.05, 3.63) is 0 Å². The van der Waals surface area contributed by atoms with E-state index in [1.807, 2.05) is 0 Å². The molecule has 0 rings (SSSR count). The summed E-state index contributed by atoms with van der Waals surface area (Å²) >= 11 is 0. The van der Waals surface area contributed by atoms with Crippen LogP contribution in [0.15, 0.2) is 0 Å². The van der Waals surface area contributed by atoms with Crippen molar-refractivity contribution in [2.45, 2.75) is 0 Å². The summed E-state index contributed by atoms with van der Waals surface area (Å²) < 4.78 is 0. The van der Waals surface area contributed by atoms with E-state index < -0.39 is 12.5 Å². The molecule has 0 aromatic rings. The minimum absolute atomic E-state index is 0.0789. The van der Waals surface area contributed by atoms with Crippen molar-refractivity contribution >= 4 is 5.91 Å². The van der Waals surface area contributed by atoms with Crippen LogP contribution in [0.1, 0.15) is 0 Å². The van der Waals surface area contributed by atoms with Gasteiger partial charge in [-0.1, -0.05) is 0 Å². The Morgan fingerprint density at radius 3 is 2.55 bits per heavy atom. The quantitative estimate of drug-likeness (QED) is 0.399. The molecule has 0 aromatic carbocycles. The van der Waals surface area contributed by atoms with Crippen molar-refractivity contribution in [3.63, 3.8) is 0 Å². The smallest absolute Gasteiger partial charge is 0.249 e. The second-order valence-electron chi connectivity index (χ2n) is 1.97. The first-order valence-electron chi connectivity index (χ1n) is 3.47. The molecule has 5 heteroatoms. The first-order chi connectivity index (χ1) is 5.31. The van der Waals surface area contributed by atoms with Gasteiger partial charge in [0.2, 0.25) is 5.91 Å². The van der Waals surface area contributed by atoms with Gasteiger partial charge in [0.25, 0.3) is 0 Å². The summed E-state index contributed by atoms with van der Waals surface area (Å²) in [4.78, 5) is 10.3. The highest BCUT2D eigenvalue weighted by molar-refractivity contribution is 5.76. The highest BCUT2D eigenvalue weighted by Crippen LogP contribution is 1.63. The molecule has 0 fully saturated rings. The highest BCUT2D eigenvalue weighted by atomic mass is 16.3. The van der Waals surface area contributed by atoms with E-state index in [0.717, 1.165) is 0 Å². The van der Waals surface area contributed by atoms with Crippen LogP contribution >= 0.6 is 0 Å². The third-order valence-corrected chi connectivity index (χ3v) is 1.04. The van der Waals surface area contributed by atoms with Gasteiger partial charge in [-0.05, 0) is 0 Å². The summed E-state index contributed by atoms with van der Waals surface area (Å²) in [5.74, 6) is -0.490. The highest BCUT2D eigenvalue weighted by Gasteiger charge is 1.95. The Morgan fingerprint density at radius 1 is 1.27 bits per heavy atom. The van der Waals surface area contributed by atoms with Crippen LogP contribution in [0.3, 0.4) is 0 Å². The number of rotatable bonds is 6. The van der Waals surface area contributed by atoms with Gasteiger partial charge in [0.05, 0.1) is 6.61 Å². The van der Waals surface area contributed by atoms with E-state index in [1.165, 1.54) is 0 Å². The zero-order valence-electron chi connectivity index (χ0n) is 6.30. The lowest BCUT2D eigenvalue weighted by Crippen LogP contribution is -2.34. The van der Waals surface area contributed by atoms with Crippen LogP contribution < -0.4 is 10.6 Å². The fourth-order valence-electron chi connectivity index (χ4n) is 0.545. The Hall–Kier alpha value is -0.650. The summed E-state index contributed by atoms with van der Waals surface area (Å²) in [5.41, 5.74) is 0. The van der Waals surface area contributed by atoms with Crippen LogP contribution in [0, 0.1) is 0 Å². The van der Waals surface area contributed by atoms with Gasteiger partial charge in [0, 0.05) is 19.6 Å². The third kappa shape index (κ3) is 7.24. The van der Waals surface area contributed by atoms with Gasteiger partial charge in [-0.25, -0.2) is 5.11 Å². The largest absolute Gasteiger partial charge is 0.395 e. The number of amides is 1. The fourth-order valence-corrected chi connectivity index (χ4v) is 0.545. The Bertz CT molecular complexity index is 108. The molecule has 0 heterocycles. The number of hydrogen-bond acceptors (Lipinski definition) is 3. The van der Waals surface area contributed by atoms with Crippen LogP contribution in [-0.4, -0.2) is 43.9 Å². The van der Waals surface area contributed by atoms with Crippen molar-refractivity contribution in [1.29, 1.82) is 0 Å². The Labute approximate surface area is 65.4 Å². The van der Waals surface area contributed by atoms with Gasteiger partial charge in [0.1, 0.15) is 0 Å². The maximum atomic E-state index is 10.3. The molecule has 1 radical (unpaired) electrons. The Kier molecular flexibility index (Phi) is 7.02. The normalized spacial score (nSPS) is 9.64. The topological polar surface area (TPSA) is 81.3 Å². The monoisotopic (exact) mass is 161 g/mol. The van der Waals surface area contributed by atoms with Crippen LogP contribution in [0.5, 0.6) is 0 Å². The minimum Gasteiger partial charge on any atom is -0.395 e. The maximum absolute atomic E-state index is 10.3. The second-order valence-corrected chi connectivity index (χ2v) is 1.97. The molecule has 5 nitrogen and oxygen atoms in total. The van der Waals surface area contributed by atoms with Crippen LogP contribution in [-0.2, 0) is 9.90 Å². The molecule has 0 aliphatic rings. The molecule has 11 heavy (non-hydrogen) atoms. The molecule has 0 aliphatic heterocycles. The molecule has 65 valence electrons. The zero-order valence-corrected chi connectivity index (χ0v) is 6.30. The number of aliphatic hydroxyl groups is 1. The summed E-state index contributed by atoms with van der Waals surface area (Å²) in [7, 11) is 0. The van der Waals surface area contributed by atoms with Crippen molar-refractivity contribution in [3.8, 4) is 0 Å². The van der Waals surface area contributed by atoms with E-state index in [2.05, 4.69) is 10.6 Å². The predicted octanol–water partition coefficient (Wildman–Crippen LogP) is -1.88. The number of carbonyl (C=O) groups excluding carboxylic acids is 1. The second kappa shape index (κ2) is 7.46. The minimum atomic E-state index is -0.722. The molecule has 1 amide bonds.